The average molecular weight is 255 g/mol. The van der Waals surface area contributed by atoms with Gasteiger partial charge in [0.1, 0.15) is 5.75 Å². The van der Waals surface area contributed by atoms with Gasteiger partial charge in [0.05, 0.1) is 0 Å². The second-order valence-electron chi connectivity index (χ2n) is 5.02. The maximum atomic E-state index is 12.1. The molecule has 1 aliphatic carbocycles. The van der Waals surface area contributed by atoms with E-state index < -0.39 is 6.61 Å². The van der Waals surface area contributed by atoms with Crippen molar-refractivity contribution in [1.82, 2.24) is 0 Å². The first-order valence-corrected chi connectivity index (χ1v) is 6.45. The molecule has 0 amide bonds. The molecule has 2 rings (SSSR count). The van der Waals surface area contributed by atoms with Crippen molar-refractivity contribution in [3.05, 3.63) is 24.3 Å². The zero-order valence-corrected chi connectivity index (χ0v) is 10.5. The van der Waals surface area contributed by atoms with Gasteiger partial charge in [0, 0.05) is 17.8 Å². The van der Waals surface area contributed by atoms with Gasteiger partial charge in [-0.15, -0.1) is 0 Å². The van der Waals surface area contributed by atoms with Crippen molar-refractivity contribution in [2.75, 3.05) is 5.32 Å². The normalized spacial score (nSPS) is 24.0. The fourth-order valence-corrected chi connectivity index (χ4v) is 2.56. The van der Waals surface area contributed by atoms with Gasteiger partial charge < -0.3 is 10.1 Å². The smallest absolute Gasteiger partial charge is 0.387 e. The minimum absolute atomic E-state index is 0.207. The number of hydrogen-bond acceptors (Lipinski definition) is 2. The molecule has 1 N–H and O–H groups in total. The standard InChI is InChI=1S/C14H19F2NO/c1-10-4-2-5-11(8-10)17-12-6-3-7-13(9-12)18-14(15)16/h3,6-7,9-11,14,17H,2,4-5,8H2,1H3. The molecule has 0 spiro atoms. The molecule has 0 aromatic heterocycles. The van der Waals surface area contributed by atoms with Gasteiger partial charge in [-0.1, -0.05) is 25.8 Å². The number of ether oxygens (including phenoxy) is 1. The Bertz CT molecular complexity index is 384. The summed E-state index contributed by atoms with van der Waals surface area (Å²) >= 11 is 0. The molecule has 100 valence electrons. The van der Waals surface area contributed by atoms with Crippen LogP contribution in [-0.4, -0.2) is 12.7 Å². The van der Waals surface area contributed by atoms with Crippen molar-refractivity contribution in [1.29, 1.82) is 0 Å². The summed E-state index contributed by atoms with van der Waals surface area (Å²) in [5.74, 6) is 0.940. The van der Waals surface area contributed by atoms with E-state index in [1.807, 2.05) is 6.07 Å². The topological polar surface area (TPSA) is 21.3 Å². The highest BCUT2D eigenvalue weighted by atomic mass is 19.3. The lowest BCUT2D eigenvalue weighted by molar-refractivity contribution is -0.0498. The van der Waals surface area contributed by atoms with Gasteiger partial charge in [-0.3, -0.25) is 0 Å². The SMILES string of the molecule is CC1CCCC(Nc2cccc(OC(F)F)c2)C1. The van der Waals surface area contributed by atoms with Gasteiger partial charge in [-0.25, -0.2) is 0 Å². The molecular weight excluding hydrogens is 236 g/mol. The first-order valence-electron chi connectivity index (χ1n) is 6.45. The van der Waals surface area contributed by atoms with E-state index >= 15 is 0 Å². The first-order chi connectivity index (χ1) is 8.63. The molecule has 1 aromatic carbocycles. The summed E-state index contributed by atoms with van der Waals surface area (Å²) in [4.78, 5) is 0. The van der Waals surface area contributed by atoms with Gasteiger partial charge in [0.2, 0.25) is 0 Å². The molecule has 1 saturated carbocycles. The number of hydrogen-bond donors (Lipinski definition) is 1. The van der Waals surface area contributed by atoms with Crippen LogP contribution in [-0.2, 0) is 0 Å². The van der Waals surface area contributed by atoms with Crippen LogP contribution in [0.25, 0.3) is 0 Å². The van der Waals surface area contributed by atoms with Crippen molar-refractivity contribution >= 4 is 5.69 Å². The minimum atomic E-state index is -2.77. The highest BCUT2D eigenvalue weighted by molar-refractivity contribution is 5.48. The third-order valence-corrected chi connectivity index (χ3v) is 3.37. The summed E-state index contributed by atoms with van der Waals surface area (Å²) in [7, 11) is 0. The largest absolute Gasteiger partial charge is 0.435 e. The van der Waals surface area contributed by atoms with Crippen molar-refractivity contribution in [2.45, 2.75) is 45.3 Å². The van der Waals surface area contributed by atoms with Gasteiger partial charge >= 0.3 is 6.61 Å². The lowest BCUT2D eigenvalue weighted by atomic mass is 9.87. The fraction of sp³-hybridized carbons (Fsp3) is 0.571. The molecule has 2 atom stereocenters. The van der Waals surface area contributed by atoms with Crippen LogP contribution in [0.4, 0.5) is 14.5 Å². The maximum Gasteiger partial charge on any atom is 0.387 e. The lowest BCUT2D eigenvalue weighted by Crippen LogP contribution is -2.26. The molecule has 4 heteroatoms. The van der Waals surface area contributed by atoms with E-state index in [1.165, 1.54) is 12.8 Å². The minimum Gasteiger partial charge on any atom is -0.435 e. The van der Waals surface area contributed by atoms with Crippen molar-refractivity contribution < 1.29 is 13.5 Å². The zero-order chi connectivity index (χ0) is 13.0. The Kier molecular flexibility index (Phi) is 4.39. The van der Waals surface area contributed by atoms with Crippen molar-refractivity contribution in [3.8, 4) is 5.75 Å². The summed E-state index contributed by atoms with van der Waals surface area (Å²) in [6, 6.07) is 7.23. The van der Waals surface area contributed by atoms with Crippen LogP contribution in [0.1, 0.15) is 32.6 Å². The van der Waals surface area contributed by atoms with E-state index in [2.05, 4.69) is 17.0 Å². The molecule has 0 radical (unpaired) electrons. The molecule has 1 aliphatic rings. The lowest BCUT2D eigenvalue weighted by Gasteiger charge is -2.28. The summed E-state index contributed by atoms with van der Waals surface area (Å²) < 4.78 is 28.6. The van der Waals surface area contributed by atoms with E-state index in [4.69, 9.17) is 0 Å². The molecular formula is C14H19F2NO. The van der Waals surface area contributed by atoms with Crippen LogP contribution in [0.15, 0.2) is 24.3 Å². The third kappa shape index (κ3) is 3.86. The molecule has 0 heterocycles. The second kappa shape index (κ2) is 6.03. The van der Waals surface area contributed by atoms with Gasteiger partial charge in [0.25, 0.3) is 0 Å². The van der Waals surface area contributed by atoms with E-state index in [1.54, 1.807) is 18.2 Å². The van der Waals surface area contributed by atoms with E-state index in [9.17, 15) is 8.78 Å². The molecule has 1 fully saturated rings. The van der Waals surface area contributed by atoms with Gasteiger partial charge in [-0.05, 0) is 30.9 Å². The highest BCUT2D eigenvalue weighted by Gasteiger charge is 2.18. The second-order valence-corrected chi connectivity index (χ2v) is 5.02. The average Bonchev–Trinajstić information content (AvgIpc) is 2.28. The number of anilines is 1. The van der Waals surface area contributed by atoms with Crippen LogP contribution in [0.2, 0.25) is 0 Å². The van der Waals surface area contributed by atoms with E-state index in [-0.39, 0.29) is 5.75 Å². The molecule has 2 nitrogen and oxygen atoms in total. The number of rotatable bonds is 4. The predicted octanol–water partition coefficient (Wildman–Crippen LogP) is 4.28. The van der Waals surface area contributed by atoms with Crippen molar-refractivity contribution in [2.24, 2.45) is 5.92 Å². The summed E-state index contributed by atoms with van der Waals surface area (Å²) in [5, 5.41) is 3.40. The van der Waals surface area contributed by atoms with Gasteiger partial charge in [-0.2, -0.15) is 8.78 Å². The van der Waals surface area contributed by atoms with E-state index in [0.29, 0.717) is 6.04 Å². The van der Waals surface area contributed by atoms with Crippen LogP contribution >= 0.6 is 0 Å². The van der Waals surface area contributed by atoms with E-state index in [0.717, 1.165) is 24.4 Å². The zero-order valence-electron chi connectivity index (χ0n) is 10.5. The fourth-order valence-electron chi connectivity index (χ4n) is 2.56. The monoisotopic (exact) mass is 255 g/mol. The molecule has 18 heavy (non-hydrogen) atoms. The Hall–Kier alpha value is -1.32. The summed E-state index contributed by atoms with van der Waals surface area (Å²) in [6.45, 7) is -0.514. The summed E-state index contributed by atoms with van der Waals surface area (Å²) in [5.41, 5.74) is 0.854. The van der Waals surface area contributed by atoms with Gasteiger partial charge in [0.15, 0.2) is 0 Å². The quantitative estimate of drug-likeness (QED) is 0.867. The number of nitrogens with one attached hydrogen (secondary N) is 1. The van der Waals surface area contributed by atoms with Crippen LogP contribution in [0.3, 0.4) is 0 Å². The predicted molar refractivity (Wildman–Crippen MR) is 68.1 cm³/mol. The summed E-state index contributed by atoms with van der Waals surface area (Å²) in [6.07, 6.45) is 4.79. The third-order valence-electron chi connectivity index (χ3n) is 3.37. The Labute approximate surface area is 106 Å². The Morgan fingerprint density at radius 3 is 2.89 bits per heavy atom. The van der Waals surface area contributed by atoms with Crippen LogP contribution in [0.5, 0.6) is 5.75 Å². The first kappa shape index (κ1) is 13.1. The van der Waals surface area contributed by atoms with Crippen molar-refractivity contribution in [3.63, 3.8) is 0 Å². The Balaban J connectivity index is 1.96. The molecule has 2 unspecified atom stereocenters. The maximum absolute atomic E-state index is 12.1. The molecule has 0 aliphatic heterocycles. The molecule has 1 aromatic rings. The van der Waals surface area contributed by atoms with Crippen LogP contribution in [0, 0.1) is 5.92 Å². The highest BCUT2D eigenvalue weighted by Crippen LogP contribution is 2.27. The Morgan fingerprint density at radius 1 is 1.33 bits per heavy atom. The Morgan fingerprint density at radius 2 is 2.17 bits per heavy atom. The number of alkyl halides is 2. The number of benzene rings is 1. The van der Waals surface area contributed by atoms with Crippen LogP contribution < -0.4 is 10.1 Å². The molecule has 0 bridgehead atoms. The number of halogens is 2. The molecule has 0 saturated heterocycles.